The van der Waals surface area contributed by atoms with E-state index < -0.39 is 0 Å². The molecular weight excluding hydrogens is 480 g/mol. The zero-order valence-corrected chi connectivity index (χ0v) is 23.3. The van der Waals surface area contributed by atoms with Crippen molar-refractivity contribution in [3.63, 3.8) is 0 Å². The molecule has 0 atom stereocenters. The molecule has 1 aromatic heterocycles. The lowest BCUT2D eigenvalue weighted by molar-refractivity contribution is -0.133. The minimum absolute atomic E-state index is 0.0121. The smallest absolute Gasteiger partial charge is 0.254 e. The highest BCUT2D eigenvalue weighted by atomic mass is 32.1. The number of carbonyl (C=O) groups excluding carboxylic acids is 2. The first-order valence-corrected chi connectivity index (χ1v) is 14.1. The second-order valence-electron chi connectivity index (χ2n) is 9.47. The van der Waals surface area contributed by atoms with Gasteiger partial charge in [0.1, 0.15) is 6.54 Å². The maximum absolute atomic E-state index is 13.6. The molecule has 0 aliphatic carbocycles. The maximum atomic E-state index is 13.6. The van der Waals surface area contributed by atoms with E-state index in [1.165, 1.54) is 29.7 Å². The van der Waals surface area contributed by atoms with Crippen molar-refractivity contribution >= 4 is 23.2 Å². The highest BCUT2D eigenvalue weighted by Crippen LogP contribution is 2.19. The van der Waals surface area contributed by atoms with Crippen molar-refractivity contribution in [2.75, 3.05) is 26.8 Å². The average molecular weight is 521 g/mol. The van der Waals surface area contributed by atoms with Gasteiger partial charge in [-0.3, -0.25) is 9.59 Å². The van der Waals surface area contributed by atoms with Crippen LogP contribution in [0.25, 0.3) is 0 Å². The molecule has 0 unspecified atom stereocenters. The SMILES string of the molecule is CCCCCCc1ccc(C(=O)N(CCOC)CC(=O)N(Cc2ccccc2)Cc2ccc(C)s2)cc1. The normalized spacial score (nSPS) is 10.9. The van der Waals surface area contributed by atoms with Gasteiger partial charge >= 0.3 is 0 Å². The van der Waals surface area contributed by atoms with Crippen molar-refractivity contribution in [1.29, 1.82) is 0 Å². The number of unbranched alkanes of at least 4 members (excludes halogenated alkanes) is 3. The zero-order valence-electron chi connectivity index (χ0n) is 22.4. The predicted octanol–water partition coefficient (Wildman–Crippen LogP) is 6.50. The Bertz CT molecular complexity index is 1100. The van der Waals surface area contributed by atoms with E-state index >= 15 is 0 Å². The van der Waals surface area contributed by atoms with Gasteiger partial charge in [-0.2, -0.15) is 0 Å². The number of benzene rings is 2. The third-order valence-electron chi connectivity index (χ3n) is 6.41. The Morgan fingerprint density at radius 3 is 2.24 bits per heavy atom. The number of methoxy groups -OCH3 is 1. The standard InChI is InChI=1S/C31H40N2O3S/c1-4-5-6-8-11-26-15-17-28(18-16-26)31(35)32(20-21-36-3)24-30(34)33(22-27-12-9-7-10-13-27)23-29-19-14-25(2)37-29/h7,9-10,12-19H,4-6,8,11,20-24H2,1-3H3. The fraction of sp³-hybridized carbons (Fsp3) is 0.419. The molecule has 6 heteroatoms. The first-order chi connectivity index (χ1) is 18.0. The summed E-state index contributed by atoms with van der Waals surface area (Å²) in [7, 11) is 1.61. The molecule has 37 heavy (non-hydrogen) atoms. The van der Waals surface area contributed by atoms with Crippen molar-refractivity contribution in [1.82, 2.24) is 9.80 Å². The summed E-state index contributed by atoms with van der Waals surface area (Å²) in [5, 5.41) is 0. The number of ether oxygens (including phenoxy) is 1. The van der Waals surface area contributed by atoms with Crippen molar-refractivity contribution < 1.29 is 14.3 Å². The highest BCUT2D eigenvalue weighted by molar-refractivity contribution is 7.11. The van der Waals surface area contributed by atoms with Crippen molar-refractivity contribution in [3.8, 4) is 0 Å². The molecule has 0 bridgehead atoms. The van der Waals surface area contributed by atoms with Crippen LogP contribution in [0.4, 0.5) is 0 Å². The number of carbonyl (C=O) groups is 2. The topological polar surface area (TPSA) is 49.9 Å². The molecule has 0 fully saturated rings. The van der Waals surface area contributed by atoms with E-state index in [1.54, 1.807) is 23.3 Å². The van der Waals surface area contributed by atoms with Gasteiger partial charge in [-0.1, -0.05) is 68.7 Å². The van der Waals surface area contributed by atoms with Crippen LogP contribution >= 0.6 is 11.3 Å². The molecule has 0 saturated heterocycles. The van der Waals surface area contributed by atoms with Gasteiger partial charge in [0, 0.05) is 35.5 Å². The number of rotatable bonds is 15. The summed E-state index contributed by atoms with van der Waals surface area (Å²) in [5.41, 5.74) is 2.91. The van der Waals surface area contributed by atoms with Crippen molar-refractivity contribution in [2.45, 2.75) is 59.0 Å². The molecule has 0 spiro atoms. The molecule has 3 rings (SSSR count). The van der Waals surface area contributed by atoms with Crippen molar-refractivity contribution in [2.24, 2.45) is 0 Å². The van der Waals surface area contributed by atoms with E-state index in [9.17, 15) is 9.59 Å². The Balaban J connectivity index is 1.71. The van der Waals surface area contributed by atoms with Gasteiger partial charge < -0.3 is 14.5 Å². The molecular formula is C31H40N2O3S. The third kappa shape index (κ3) is 9.45. The lowest BCUT2D eigenvalue weighted by Crippen LogP contribution is -2.43. The van der Waals surface area contributed by atoms with Crippen LogP contribution in [0, 0.1) is 6.92 Å². The van der Waals surface area contributed by atoms with Crippen LogP contribution in [0.5, 0.6) is 0 Å². The van der Waals surface area contributed by atoms with Gasteiger partial charge in [0.05, 0.1) is 13.2 Å². The number of hydrogen-bond donors (Lipinski definition) is 0. The second-order valence-corrected chi connectivity index (χ2v) is 10.8. The molecule has 0 aliphatic heterocycles. The van der Waals surface area contributed by atoms with Crippen LogP contribution in [-0.4, -0.2) is 48.4 Å². The van der Waals surface area contributed by atoms with E-state index in [4.69, 9.17) is 4.74 Å². The Labute approximate surface area is 226 Å². The molecule has 1 heterocycles. The van der Waals surface area contributed by atoms with Gasteiger partial charge in [0.25, 0.3) is 5.91 Å². The summed E-state index contributed by atoms with van der Waals surface area (Å²) in [4.78, 5) is 32.8. The first kappa shape index (κ1) is 28.6. The molecule has 0 radical (unpaired) electrons. The zero-order chi connectivity index (χ0) is 26.5. The summed E-state index contributed by atoms with van der Waals surface area (Å²) < 4.78 is 5.26. The first-order valence-electron chi connectivity index (χ1n) is 13.2. The Morgan fingerprint density at radius 1 is 0.838 bits per heavy atom. The molecule has 2 aromatic carbocycles. The lowest BCUT2D eigenvalue weighted by atomic mass is 10.0. The quantitative estimate of drug-likeness (QED) is 0.215. The average Bonchev–Trinajstić information content (AvgIpc) is 3.33. The summed E-state index contributed by atoms with van der Waals surface area (Å²) in [6.45, 7) is 6.04. The monoisotopic (exact) mass is 520 g/mol. The molecule has 5 nitrogen and oxygen atoms in total. The Hall–Kier alpha value is -2.96. The van der Waals surface area contributed by atoms with Crippen LogP contribution < -0.4 is 0 Å². The number of nitrogens with zero attached hydrogens (tertiary/aromatic N) is 2. The summed E-state index contributed by atoms with van der Waals surface area (Å²) in [6, 6.07) is 22.0. The van der Waals surface area contributed by atoms with Crippen LogP contribution in [0.3, 0.4) is 0 Å². The Morgan fingerprint density at radius 2 is 1.59 bits per heavy atom. The molecule has 198 valence electrons. The predicted molar refractivity (Wildman–Crippen MR) is 152 cm³/mol. The van der Waals surface area contributed by atoms with Gasteiger partial charge in [0.15, 0.2) is 0 Å². The molecule has 2 amide bonds. The third-order valence-corrected chi connectivity index (χ3v) is 7.40. The largest absolute Gasteiger partial charge is 0.383 e. The van der Waals surface area contributed by atoms with Crippen LogP contribution in [0.15, 0.2) is 66.7 Å². The second kappa shape index (κ2) is 15.3. The van der Waals surface area contributed by atoms with Crippen molar-refractivity contribution in [3.05, 3.63) is 93.2 Å². The molecule has 0 N–H and O–H groups in total. The van der Waals surface area contributed by atoms with E-state index in [-0.39, 0.29) is 18.4 Å². The molecule has 0 aliphatic rings. The van der Waals surface area contributed by atoms with Crippen LogP contribution in [-0.2, 0) is 29.0 Å². The minimum atomic E-state index is -0.144. The maximum Gasteiger partial charge on any atom is 0.254 e. The van der Waals surface area contributed by atoms with Crippen LogP contribution in [0.2, 0.25) is 0 Å². The summed E-state index contributed by atoms with van der Waals surface area (Å²) >= 11 is 1.69. The van der Waals surface area contributed by atoms with E-state index in [0.717, 1.165) is 23.3 Å². The molecule has 3 aromatic rings. The molecule has 0 saturated carbocycles. The van der Waals surface area contributed by atoms with E-state index in [2.05, 4.69) is 26.0 Å². The van der Waals surface area contributed by atoms with Crippen LogP contribution in [0.1, 0.15) is 63.8 Å². The van der Waals surface area contributed by atoms with Gasteiger partial charge in [0.2, 0.25) is 5.91 Å². The fourth-order valence-corrected chi connectivity index (χ4v) is 5.17. The van der Waals surface area contributed by atoms with Gasteiger partial charge in [-0.25, -0.2) is 0 Å². The summed E-state index contributed by atoms with van der Waals surface area (Å²) in [6.07, 6.45) is 5.90. The lowest BCUT2D eigenvalue weighted by Gasteiger charge is -2.27. The summed E-state index contributed by atoms with van der Waals surface area (Å²) in [5.74, 6) is -0.221. The van der Waals surface area contributed by atoms with E-state index in [1.807, 2.05) is 59.5 Å². The number of aryl methyl sites for hydroxylation is 2. The number of hydrogen-bond acceptors (Lipinski definition) is 4. The van der Waals surface area contributed by atoms with E-state index in [0.29, 0.717) is 31.8 Å². The number of amides is 2. The number of thiophene rings is 1. The fourth-order valence-electron chi connectivity index (χ4n) is 4.26. The Kier molecular flexibility index (Phi) is 11.9. The van der Waals surface area contributed by atoms with Gasteiger partial charge in [-0.15, -0.1) is 11.3 Å². The minimum Gasteiger partial charge on any atom is -0.383 e. The highest BCUT2D eigenvalue weighted by Gasteiger charge is 2.23. The van der Waals surface area contributed by atoms with Gasteiger partial charge in [-0.05, 0) is 55.2 Å².